The third-order valence-electron chi connectivity index (χ3n) is 5.00. The molecule has 0 N–H and O–H groups in total. The number of esters is 1. The zero-order valence-electron chi connectivity index (χ0n) is 16.0. The van der Waals surface area contributed by atoms with Crippen molar-refractivity contribution in [3.8, 4) is 23.0 Å². The SMILES string of the molecule is O=C1OC2(c3ccccc31)c1cc(Br)c([O-])c(Br)c1Oc1c2cc(Br)c([O-])c1Br.[K+].[Na+]. The van der Waals surface area contributed by atoms with Gasteiger partial charge in [0.25, 0.3) is 0 Å². The van der Waals surface area contributed by atoms with E-state index in [4.69, 9.17) is 9.47 Å². The molecule has 0 atom stereocenters. The molecule has 2 heterocycles. The minimum Gasteiger partial charge on any atom is -0.871 e. The second-order valence-electron chi connectivity index (χ2n) is 6.47. The monoisotopic (exact) mass is 704 g/mol. The number of ether oxygens (including phenoxy) is 2. The third-order valence-corrected chi connectivity index (χ3v) is 7.62. The van der Waals surface area contributed by atoms with Gasteiger partial charge in [-0.2, -0.15) is 0 Å². The summed E-state index contributed by atoms with van der Waals surface area (Å²) in [6, 6.07) is 10.2. The van der Waals surface area contributed by atoms with Crippen LogP contribution in [0.3, 0.4) is 0 Å². The van der Waals surface area contributed by atoms with Crippen molar-refractivity contribution in [3.05, 3.63) is 76.5 Å². The summed E-state index contributed by atoms with van der Waals surface area (Å²) in [6.45, 7) is 0. The van der Waals surface area contributed by atoms with Crippen LogP contribution < -0.4 is 95.9 Å². The van der Waals surface area contributed by atoms with Crippen LogP contribution in [-0.2, 0) is 10.3 Å². The van der Waals surface area contributed by atoms with Crippen molar-refractivity contribution < 1.29 is 105 Å². The Morgan fingerprint density at radius 2 is 1.29 bits per heavy atom. The first-order valence-corrected chi connectivity index (χ1v) is 11.3. The molecule has 5 rings (SSSR count). The molecule has 0 bridgehead atoms. The molecule has 0 aromatic heterocycles. The van der Waals surface area contributed by atoms with E-state index in [0.29, 0.717) is 22.3 Å². The van der Waals surface area contributed by atoms with Crippen molar-refractivity contribution in [2.45, 2.75) is 5.60 Å². The van der Waals surface area contributed by atoms with E-state index >= 15 is 0 Å². The molecular weight excluding hydrogens is 702 g/mol. The van der Waals surface area contributed by atoms with Crippen LogP contribution in [0.15, 0.2) is 54.3 Å². The fourth-order valence-electron chi connectivity index (χ4n) is 3.75. The van der Waals surface area contributed by atoms with Crippen LogP contribution in [0.2, 0.25) is 0 Å². The number of hydrogen-bond donors (Lipinski definition) is 0. The Morgan fingerprint density at radius 3 is 1.81 bits per heavy atom. The Kier molecular flexibility index (Phi) is 8.28. The number of halogens is 4. The molecule has 5 nitrogen and oxygen atoms in total. The van der Waals surface area contributed by atoms with Crippen LogP contribution in [0, 0.1) is 0 Å². The number of benzene rings is 3. The van der Waals surface area contributed by atoms with Crippen molar-refractivity contribution in [1.82, 2.24) is 0 Å². The number of carbonyl (C=O) groups is 1. The first-order chi connectivity index (χ1) is 13.8. The summed E-state index contributed by atoms with van der Waals surface area (Å²) in [5.74, 6) is -0.766. The summed E-state index contributed by atoms with van der Waals surface area (Å²) in [5, 5.41) is 25.0. The molecule has 146 valence electrons. The van der Waals surface area contributed by atoms with Gasteiger partial charge in [0.15, 0.2) is 5.60 Å². The van der Waals surface area contributed by atoms with Crippen molar-refractivity contribution in [2.75, 3.05) is 0 Å². The molecule has 0 aliphatic carbocycles. The molecule has 2 aliphatic rings. The van der Waals surface area contributed by atoms with E-state index in [2.05, 4.69) is 63.7 Å². The Bertz CT molecular complexity index is 1200. The average Bonchev–Trinajstić information content (AvgIpc) is 3.00. The van der Waals surface area contributed by atoms with Gasteiger partial charge in [-0.15, -0.1) is 0 Å². The third kappa shape index (κ3) is 3.81. The molecule has 0 fully saturated rings. The van der Waals surface area contributed by atoms with E-state index in [-0.39, 0.29) is 122 Å². The second kappa shape index (κ2) is 9.62. The van der Waals surface area contributed by atoms with E-state index in [1.165, 1.54) is 0 Å². The smallest absolute Gasteiger partial charge is 0.871 e. The molecule has 0 unspecified atom stereocenters. The molecule has 0 saturated heterocycles. The van der Waals surface area contributed by atoms with Crippen LogP contribution in [0.5, 0.6) is 23.0 Å². The normalized spacial score (nSPS) is 14.4. The topological polar surface area (TPSA) is 81.7 Å². The van der Waals surface area contributed by atoms with Crippen molar-refractivity contribution >= 4 is 69.7 Å². The molecule has 1 spiro atoms. The Balaban J connectivity index is 0.00000136. The molecule has 3 aromatic rings. The van der Waals surface area contributed by atoms with Crippen LogP contribution in [0.1, 0.15) is 27.0 Å². The van der Waals surface area contributed by atoms with Gasteiger partial charge in [-0.25, -0.2) is 4.79 Å². The largest absolute Gasteiger partial charge is 1.00 e. The minimum absolute atomic E-state index is 0. The fourth-order valence-corrected chi connectivity index (χ4v) is 6.16. The molecular formula is C20H6Br4KNaO5. The van der Waals surface area contributed by atoms with Gasteiger partial charge >= 0.3 is 86.9 Å². The summed E-state index contributed by atoms with van der Waals surface area (Å²) >= 11 is 13.2. The first-order valence-electron chi connectivity index (χ1n) is 8.17. The van der Waals surface area contributed by atoms with Crippen LogP contribution in [0.25, 0.3) is 0 Å². The average molecular weight is 708 g/mol. The maximum Gasteiger partial charge on any atom is 1.00 e. The van der Waals surface area contributed by atoms with Crippen molar-refractivity contribution in [1.29, 1.82) is 0 Å². The van der Waals surface area contributed by atoms with Crippen LogP contribution in [0.4, 0.5) is 0 Å². The summed E-state index contributed by atoms with van der Waals surface area (Å²) in [7, 11) is 0. The molecule has 2 aliphatic heterocycles. The Hall–Kier alpha value is 1.09. The van der Waals surface area contributed by atoms with Crippen molar-refractivity contribution in [2.24, 2.45) is 0 Å². The molecule has 0 radical (unpaired) electrons. The van der Waals surface area contributed by atoms with Gasteiger partial charge in [-0.05, 0) is 50.1 Å². The predicted molar refractivity (Wildman–Crippen MR) is 114 cm³/mol. The predicted octanol–water partition coefficient (Wildman–Crippen LogP) is -0.540. The number of carbonyl (C=O) groups excluding carboxylic acids is 1. The van der Waals surface area contributed by atoms with E-state index in [0.717, 1.165) is 0 Å². The van der Waals surface area contributed by atoms with Gasteiger partial charge in [0.2, 0.25) is 0 Å². The molecule has 0 saturated carbocycles. The van der Waals surface area contributed by atoms with Gasteiger partial charge in [-0.1, -0.05) is 61.6 Å². The van der Waals surface area contributed by atoms with Gasteiger partial charge in [0, 0.05) is 25.6 Å². The van der Waals surface area contributed by atoms with Gasteiger partial charge in [0.1, 0.15) is 11.5 Å². The standard InChI is InChI=1S/C20H8Br4O5.K.Na/c21-11-5-9-17(13(23)15(11)25)28-18-10(6-12(22)16(26)14(18)24)20(9)8-4-2-1-3-7(8)19(27)29-20;;/h1-6,25-26H;;/q;2*+1/p-2. The summed E-state index contributed by atoms with van der Waals surface area (Å²) in [4.78, 5) is 12.8. The summed E-state index contributed by atoms with van der Waals surface area (Å²) in [5.41, 5.74) is 0.570. The minimum atomic E-state index is -1.38. The maximum absolute atomic E-state index is 12.8. The Morgan fingerprint density at radius 1 is 0.806 bits per heavy atom. The molecule has 0 amide bonds. The van der Waals surface area contributed by atoms with E-state index in [9.17, 15) is 15.0 Å². The summed E-state index contributed by atoms with van der Waals surface area (Å²) in [6.07, 6.45) is 0. The second-order valence-corrected chi connectivity index (χ2v) is 9.77. The van der Waals surface area contributed by atoms with Crippen LogP contribution >= 0.6 is 63.7 Å². The van der Waals surface area contributed by atoms with Gasteiger partial charge < -0.3 is 19.7 Å². The number of rotatable bonds is 0. The van der Waals surface area contributed by atoms with E-state index in [1.54, 1.807) is 36.4 Å². The van der Waals surface area contributed by atoms with E-state index < -0.39 is 11.6 Å². The van der Waals surface area contributed by atoms with E-state index in [1.807, 2.05) is 0 Å². The molecule has 11 heteroatoms. The molecule has 3 aromatic carbocycles. The van der Waals surface area contributed by atoms with Crippen LogP contribution in [-0.4, -0.2) is 5.97 Å². The van der Waals surface area contributed by atoms with Gasteiger partial charge in [-0.3, -0.25) is 0 Å². The molecule has 31 heavy (non-hydrogen) atoms. The maximum atomic E-state index is 12.8. The zero-order chi connectivity index (χ0) is 20.7. The number of fused-ring (bicyclic) bond motifs is 6. The van der Waals surface area contributed by atoms with Crippen molar-refractivity contribution in [3.63, 3.8) is 0 Å². The quantitative estimate of drug-likeness (QED) is 0.232. The first kappa shape index (κ1) is 26.7. The Labute approximate surface area is 275 Å². The number of hydrogen-bond acceptors (Lipinski definition) is 5. The zero-order valence-corrected chi connectivity index (χ0v) is 27.5. The fraction of sp³-hybridized carbons (Fsp3) is 0.0500. The summed E-state index contributed by atoms with van der Waals surface area (Å²) < 4.78 is 12.9. The van der Waals surface area contributed by atoms with Gasteiger partial charge in [0.05, 0.1) is 14.5 Å².